The van der Waals surface area contributed by atoms with E-state index in [0.717, 1.165) is 0 Å². The van der Waals surface area contributed by atoms with E-state index in [9.17, 15) is 8.42 Å². The Labute approximate surface area is 111 Å². The second kappa shape index (κ2) is 6.76. The standard InChI is InChI=1S/C9H17N5O2S2/c1-3-12-18(15,16)5-4-11-8-6-7(10)13-9(14-8)17-2/h6,12H,3-5H2,1-2H3,(H3,10,11,13,14). The Bertz CT molecular complexity index is 492. The summed E-state index contributed by atoms with van der Waals surface area (Å²) < 4.78 is 25.2. The fourth-order valence-electron chi connectivity index (χ4n) is 1.23. The van der Waals surface area contributed by atoms with Crippen LogP contribution in [0.1, 0.15) is 6.92 Å². The molecule has 1 aromatic rings. The second-order valence-electron chi connectivity index (χ2n) is 3.41. The molecule has 1 rings (SSSR count). The highest BCUT2D eigenvalue weighted by Crippen LogP contribution is 2.14. The molecule has 0 atom stereocenters. The molecule has 1 heterocycles. The zero-order valence-corrected chi connectivity index (χ0v) is 11.9. The van der Waals surface area contributed by atoms with Crippen LogP contribution in [0.15, 0.2) is 11.2 Å². The maximum atomic E-state index is 11.4. The third-order valence-electron chi connectivity index (χ3n) is 1.95. The Balaban J connectivity index is 2.56. The van der Waals surface area contributed by atoms with Gasteiger partial charge in [-0.2, -0.15) is 0 Å². The number of nitrogens with two attached hydrogens (primary N) is 1. The van der Waals surface area contributed by atoms with E-state index in [-0.39, 0.29) is 12.3 Å². The Morgan fingerprint density at radius 1 is 1.44 bits per heavy atom. The van der Waals surface area contributed by atoms with Crippen LogP contribution < -0.4 is 15.8 Å². The number of nitrogen functional groups attached to an aromatic ring is 1. The molecule has 0 aliphatic carbocycles. The summed E-state index contributed by atoms with van der Waals surface area (Å²) >= 11 is 1.37. The van der Waals surface area contributed by atoms with Crippen molar-refractivity contribution in [3.8, 4) is 0 Å². The monoisotopic (exact) mass is 291 g/mol. The molecule has 0 saturated heterocycles. The number of anilines is 2. The lowest BCUT2D eigenvalue weighted by molar-refractivity contribution is 0.584. The summed E-state index contributed by atoms with van der Waals surface area (Å²) in [5.41, 5.74) is 5.61. The van der Waals surface area contributed by atoms with Crippen molar-refractivity contribution in [2.24, 2.45) is 0 Å². The van der Waals surface area contributed by atoms with Gasteiger partial charge in [-0.1, -0.05) is 18.7 Å². The first-order valence-corrected chi connectivity index (χ1v) is 8.24. The summed E-state index contributed by atoms with van der Waals surface area (Å²) in [6, 6.07) is 1.57. The van der Waals surface area contributed by atoms with E-state index in [1.165, 1.54) is 11.8 Å². The summed E-state index contributed by atoms with van der Waals surface area (Å²) in [5.74, 6) is 0.865. The van der Waals surface area contributed by atoms with Crippen molar-refractivity contribution in [2.45, 2.75) is 12.1 Å². The van der Waals surface area contributed by atoms with Crippen LogP contribution in [0, 0.1) is 0 Å². The average Bonchev–Trinajstić information content (AvgIpc) is 2.27. The van der Waals surface area contributed by atoms with E-state index in [1.54, 1.807) is 13.0 Å². The smallest absolute Gasteiger partial charge is 0.213 e. The van der Waals surface area contributed by atoms with Crippen LogP contribution in [0.25, 0.3) is 0 Å². The lowest BCUT2D eigenvalue weighted by atomic mass is 10.5. The van der Waals surface area contributed by atoms with Gasteiger partial charge in [0.25, 0.3) is 0 Å². The van der Waals surface area contributed by atoms with Crippen molar-refractivity contribution in [3.05, 3.63) is 6.07 Å². The number of nitrogens with zero attached hydrogens (tertiary/aromatic N) is 2. The summed E-state index contributed by atoms with van der Waals surface area (Å²) in [7, 11) is -3.22. The van der Waals surface area contributed by atoms with Crippen LogP contribution in [0.5, 0.6) is 0 Å². The molecule has 18 heavy (non-hydrogen) atoms. The third kappa shape index (κ3) is 5.07. The molecule has 0 saturated carbocycles. The van der Waals surface area contributed by atoms with Crippen LogP contribution in [0.2, 0.25) is 0 Å². The SMILES string of the molecule is CCNS(=O)(=O)CCNc1cc(N)nc(SC)n1. The molecular formula is C9H17N5O2S2. The lowest BCUT2D eigenvalue weighted by Gasteiger charge is -2.08. The van der Waals surface area contributed by atoms with Gasteiger partial charge in [0, 0.05) is 19.2 Å². The Kier molecular flexibility index (Phi) is 5.63. The molecule has 0 bridgehead atoms. The van der Waals surface area contributed by atoms with Gasteiger partial charge in [0.2, 0.25) is 10.0 Å². The van der Waals surface area contributed by atoms with Crippen molar-refractivity contribution in [2.75, 3.05) is 36.1 Å². The van der Waals surface area contributed by atoms with Crippen LogP contribution in [-0.4, -0.2) is 43.5 Å². The number of aromatic nitrogens is 2. The first kappa shape index (κ1) is 15.0. The Morgan fingerprint density at radius 2 is 2.17 bits per heavy atom. The molecule has 0 spiro atoms. The number of rotatable bonds is 7. The third-order valence-corrected chi connectivity index (χ3v) is 3.97. The average molecular weight is 291 g/mol. The molecule has 0 amide bonds. The van der Waals surface area contributed by atoms with E-state index >= 15 is 0 Å². The molecule has 0 fully saturated rings. The predicted molar refractivity (Wildman–Crippen MR) is 74.2 cm³/mol. The zero-order chi connectivity index (χ0) is 13.6. The minimum atomic E-state index is -3.22. The molecule has 102 valence electrons. The van der Waals surface area contributed by atoms with E-state index < -0.39 is 10.0 Å². The minimum Gasteiger partial charge on any atom is -0.383 e. The number of thioether (sulfide) groups is 1. The van der Waals surface area contributed by atoms with Gasteiger partial charge in [-0.15, -0.1) is 0 Å². The highest BCUT2D eigenvalue weighted by molar-refractivity contribution is 7.98. The number of nitrogens with one attached hydrogen (secondary N) is 2. The molecule has 0 aliphatic rings. The molecule has 0 unspecified atom stereocenters. The van der Waals surface area contributed by atoms with Crippen molar-refractivity contribution in [1.82, 2.24) is 14.7 Å². The van der Waals surface area contributed by atoms with Gasteiger partial charge in [-0.25, -0.2) is 23.1 Å². The highest BCUT2D eigenvalue weighted by Gasteiger charge is 2.08. The summed E-state index contributed by atoms with van der Waals surface area (Å²) in [6.45, 7) is 2.39. The molecule has 1 aromatic heterocycles. The molecule has 7 nitrogen and oxygen atoms in total. The van der Waals surface area contributed by atoms with E-state index in [4.69, 9.17) is 5.73 Å². The quantitative estimate of drug-likeness (QED) is 0.484. The maximum absolute atomic E-state index is 11.4. The van der Waals surface area contributed by atoms with Gasteiger partial charge >= 0.3 is 0 Å². The summed E-state index contributed by atoms with van der Waals surface area (Å²) in [5, 5.41) is 3.46. The highest BCUT2D eigenvalue weighted by atomic mass is 32.2. The van der Waals surface area contributed by atoms with E-state index in [2.05, 4.69) is 20.0 Å². The van der Waals surface area contributed by atoms with Gasteiger partial charge in [0.05, 0.1) is 5.75 Å². The fourth-order valence-corrected chi connectivity index (χ4v) is 2.57. The molecule has 0 radical (unpaired) electrons. The number of hydrogen-bond acceptors (Lipinski definition) is 7. The van der Waals surface area contributed by atoms with E-state index in [0.29, 0.717) is 23.3 Å². The predicted octanol–water partition coefficient (Wildman–Crippen LogP) is 0.132. The topological polar surface area (TPSA) is 110 Å². The normalized spacial score (nSPS) is 11.4. The van der Waals surface area contributed by atoms with Crippen molar-refractivity contribution < 1.29 is 8.42 Å². The zero-order valence-electron chi connectivity index (χ0n) is 10.3. The molecule has 4 N–H and O–H groups in total. The van der Waals surface area contributed by atoms with Crippen molar-refractivity contribution >= 4 is 33.4 Å². The maximum Gasteiger partial charge on any atom is 0.213 e. The Morgan fingerprint density at radius 3 is 2.78 bits per heavy atom. The van der Waals surface area contributed by atoms with Gasteiger partial charge in [-0.3, -0.25) is 0 Å². The van der Waals surface area contributed by atoms with Crippen LogP contribution in [0.4, 0.5) is 11.6 Å². The Hall–Kier alpha value is -1.06. The van der Waals surface area contributed by atoms with Crippen molar-refractivity contribution in [3.63, 3.8) is 0 Å². The molecule has 0 aliphatic heterocycles. The number of hydrogen-bond donors (Lipinski definition) is 3. The number of sulfonamides is 1. The second-order valence-corrected chi connectivity index (χ2v) is 6.11. The summed E-state index contributed by atoms with van der Waals surface area (Å²) in [6.07, 6.45) is 1.84. The van der Waals surface area contributed by atoms with Gasteiger partial charge in [-0.05, 0) is 6.26 Å². The first-order chi connectivity index (χ1) is 8.46. The largest absolute Gasteiger partial charge is 0.383 e. The summed E-state index contributed by atoms with van der Waals surface area (Å²) in [4.78, 5) is 8.16. The lowest BCUT2D eigenvalue weighted by Crippen LogP contribution is -2.29. The molecule has 9 heteroatoms. The molecule has 0 aromatic carbocycles. The first-order valence-electron chi connectivity index (χ1n) is 5.36. The van der Waals surface area contributed by atoms with Gasteiger partial charge < -0.3 is 11.1 Å². The fraction of sp³-hybridized carbons (Fsp3) is 0.556. The van der Waals surface area contributed by atoms with Crippen LogP contribution in [0.3, 0.4) is 0 Å². The molecular weight excluding hydrogens is 274 g/mol. The van der Waals surface area contributed by atoms with Crippen LogP contribution >= 0.6 is 11.8 Å². The van der Waals surface area contributed by atoms with Gasteiger partial charge in [0.15, 0.2) is 5.16 Å². The van der Waals surface area contributed by atoms with Crippen molar-refractivity contribution in [1.29, 1.82) is 0 Å². The van der Waals surface area contributed by atoms with Gasteiger partial charge in [0.1, 0.15) is 11.6 Å². The minimum absolute atomic E-state index is 0.0145. The van der Waals surface area contributed by atoms with E-state index in [1.807, 2.05) is 6.26 Å². The van der Waals surface area contributed by atoms with Crippen LogP contribution in [-0.2, 0) is 10.0 Å².